The Labute approximate surface area is 105 Å². The molecule has 0 saturated heterocycles. The average molecular weight is 235 g/mol. The third-order valence-corrected chi connectivity index (χ3v) is 3.66. The Morgan fingerprint density at radius 1 is 1.35 bits per heavy atom. The van der Waals surface area contributed by atoms with Gasteiger partial charge in [0.2, 0.25) is 0 Å². The van der Waals surface area contributed by atoms with E-state index in [2.05, 4.69) is 43.6 Å². The highest BCUT2D eigenvalue weighted by Crippen LogP contribution is 2.20. The van der Waals surface area contributed by atoms with Crippen molar-refractivity contribution in [3.8, 4) is 0 Å². The third-order valence-electron chi connectivity index (χ3n) is 3.66. The molecule has 96 valence electrons. The van der Waals surface area contributed by atoms with Gasteiger partial charge in [-0.05, 0) is 45.0 Å². The highest BCUT2D eigenvalue weighted by molar-refractivity contribution is 5.12. The molecular formula is C14H25N3. The summed E-state index contributed by atoms with van der Waals surface area (Å²) in [5.41, 5.74) is 7.59. The average Bonchev–Trinajstić information content (AvgIpc) is 2.31. The van der Waals surface area contributed by atoms with Crippen LogP contribution in [-0.2, 0) is 6.42 Å². The summed E-state index contributed by atoms with van der Waals surface area (Å²) in [6.07, 6.45) is 4.57. The van der Waals surface area contributed by atoms with Crippen LogP contribution < -0.4 is 5.73 Å². The second-order valence-corrected chi connectivity index (χ2v) is 5.00. The summed E-state index contributed by atoms with van der Waals surface area (Å²) in [4.78, 5) is 6.55. The minimum atomic E-state index is 0.0132. The van der Waals surface area contributed by atoms with E-state index in [-0.39, 0.29) is 11.6 Å². The molecule has 1 unspecified atom stereocenters. The van der Waals surface area contributed by atoms with E-state index < -0.39 is 0 Å². The molecule has 0 aliphatic rings. The molecule has 3 heteroatoms. The number of nitrogens with zero attached hydrogens (tertiary/aromatic N) is 2. The van der Waals surface area contributed by atoms with Gasteiger partial charge in [0.05, 0.1) is 0 Å². The second-order valence-electron chi connectivity index (χ2n) is 5.00. The lowest BCUT2D eigenvalue weighted by atomic mass is 9.88. The lowest BCUT2D eigenvalue weighted by Crippen LogP contribution is -2.56. The molecule has 1 heterocycles. The molecule has 1 aromatic rings. The van der Waals surface area contributed by atoms with E-state index in [1.807, 2.05) is 12.3 Å². The summed E-state index contributed by atoms with van der Waals surface area (Å²) >= 11 is 0. The number of rotatable bonds is 6. The molecular weight excluding hydrogens is 210 g/mol. The molecule has 0 bridgehead atoms. The SMILES string of the molecule is CCN(CC)C(C)(C)C(N)Cc1cccnc1. The lowest BCUT2D eigenvalue weighted by molar-refractivity contribution is 0.106. The molecule has 0 aromatic carbocycles. The van der Waals surface area contributed by atoms with Gasteiger partial charge in [0.15, 0.2) is 0 Å². The van der Waals surface area contributed by atoms with Gasteiger partial charge in [0.25, 0.3) is 0 Å². The Balaban J connectivity index is 2.71. The van der Waals surface area contributed by atoms with Crippen LogP contribution in [0.3, 0.4) is 0 Å². The van der Waals surface area contributed by atoms with Gasteiger partial charge < -0.3 is 5.73 Å². The van der Waals surface area contributed by atoms with Crippen LogP contribution in [0.15, 0.2) is 24.5 Å². The first-order chi connectivity index (χ1) is 8.02. The molecule has 0 saturated carbocycles. The Morgan fingerprint density at radius 2 is 2.00 bits per heavy atom. The highest BCUT2D eigenvalue weighted by Gasteiger charge is 2.31. The molecule has 3 nitrogen and oxygen atoms in total. The van der Waals surface area contributed by atoms with Crippen LogP contribution in [0.1, 0.15) is 33.3 Å². The van der Waals surface area contributed by atoms with E-state index in [4.69, 9.17) is 5.73 Å². The van der Waals surface area contributed by atoms with Gasteiger partial charge in [-0.2, -0.15) is 0 Å². The Morgan fingerprint density at radius 3 is 2.47 bits per heavy atom. The van der Waals surface area contributed by atoms with E-state index >= 15 is 0 Å². The fourth-order valence-electron chi connectivity index (χ4n) is 2.30. The first-order valence-corrected chi connectivity index (χ1v) is 6.41. The maximum Gasteiger partial charge on any atom is 0.0307 e. The van der Waals surface area contributed by atoms with Gasteiger partial charge in [0.1, 0.15) is 0 Å². The van der Waals surface area contributed by atoms with E-state index in [9.17, 15) is 0 Å². The van der Waals surface area contributed by atoms with E-state index in [0.29, 0.717) is 0 Å². The van der Waals surface area contributed by atoms with Crippen molar-refractivity contribution in [2.24, 2.45) is 5.73 Å². The van der Waals surface area contributed by atoms with Gasteiger partial charge in [-0.25, -0.2) is 0 Å². The summed E-state index contributed by atoms with van der Waals surface area (Å²) in [7, 11) is 0. The van der Waals surface area contributed by atoms with E-state index in [1.54, 1.807) is 6.20 Å². The molecule has 1 rings (SSSR count). The first kappa shape index (κ1) is 14.1. The molecule has 17 heavy (non-hydrogen) atoms. The Hall–Kier alpha value is -0.930. The first-order valence-electron chi connectivity index (χ1n) is 6.41. The molecule has 1 aromatic heterocycles. The molecule has 0 radical (unpaired) electrons. The minimum Gasteiger partial charge on any atom is -0.326 e. The summed E-state index contributed by atoms with van der Waals surface area (Å²) in [5.74, 6) is 0. The van der Waals surface area contributed by atoms with Crippen LogP contribution in [-0.4, -0.2) is 34.6 Å². The standard InChI is InChI=1S/C14H25N3/c1-5-17(6-2)14(3,4)13(15)10-12-8-7-9-16-11-12/h7-9,11,13H,5-6,10,15H2,1-4H3. The van der Waals surface area contributed by atoms with Crippen molar-refractivity contribution in [1.29, 1.82) is 0 Å². The van der Waals surface area contributed by atoms with Crippen LogP contribution in [0.5, 0.6) is 0 Å². The fraction of sp³-hybridized carbons (Fsp3) is 0.643. The van der Waals surface area contributed by atoms with Gasteiger partial charge in [-0.1, -0.05) is 19.9 Å². The summed E-state index contributed by atoms with van der Waals surface area (Å²) in [5, 5.41) is 0. The summed E-state index contributed by atoms with van der Waals surface area (Å²) < 4.78 is 0. The lowest BCUT2D eigenvalue weighted by Gasteiger charge is -2.42. The maximum absolute atomic E-state index is 6.37. The fourth-order valence-corrected chi connectivity index (χ4v) is 2.30. The molecule has 2 N–H and O–H groups in total. The smallest absolute Gasteiger partial charge is 0.0307 e. The van der Waals surface area contributed by atoms with Gasteiger partial charge in [-0.15, -0.1) is 0 Å². The predicted octanol–water partition coefficient (Wildman–Crippen LogP) is 2.07. The Kier molecular flexibility index (Phi) is 5.09. The van der Waals surface area contributed by atoms with Gasteiger partial charge in [-0.3, -0.25) is 9.88 Å². The van der Waals surface area contributed by atoms with Crippen LogP contribution >= 0.6 is 0 Å². The number of hydrogen-bond acceptors (Lipinski definition) is 3. The predicted molar refractivity (Wildman–Crippen MR) is 72.9 cm³/mol. The van der Waals surface area contributed by atoms with Crippen molar-refractivity contribution < 1.29 is 0 Å². The zero-order chi connectivity index (χ0) is 12.9. The zero-order valence-electron chi connectivity index (χ0n) is 11.5. The minimum absolute atomic E-state index is 0.0132. The van der Waals surface area contributed by atoms with Crippen molar-refractivity contribution in [1.82, 2.24) is 9.88 Å². The second kappa shape index (κ2) is 6.12. The largest absolute Gasteiger partial charge is 0.326 e. The molecule has 0 amide bonds. The quantitative estimate of drug-likeness (QED) is 0.821. The molecule has 0 aliphatic carbocycles. The monoisotopic (exact) mass is 235 g/mol. The van der Waals surface area contributed by atoms with Crippen molar-refractivity contribution in [2.75, 3.05) is 13.1 Å². The van der Waals surface area contributed by atoms with Crippen LogP contribution in [0, 0.1) is 0 Å². The van der Waals surface area contributed by atoms with Crippen molar-refractivity contribution >= 4 is 0 Å². The molecule has 0 spiro atoms. The zero-order valence-corrected chi connectivity index (χ0v) is 11.5. The van der Waals surface area contributed by atoms with Gasteiger partial charge in [0, 0.05) is 24.0 Å². The number of pyridine rings is 1. The molecule has 0 fully saturated rings. The van der Waals surface area contributed by atoms with Gasteiger partial charge >= 0.3 is 0 Å². The van der Waals surface area contributed by atoms with Crippen molar-refractivity contribution in [3.05, 3.63) is 30.1 Å². The summed E-state index contributed by atoms with van der Waals surface area (Å²) in [6.45, 7) is 10.9. The third kappa shape index (κ3) is 3.51. The number of hydrogen-bond donors (Lipinski definition) is 1. The number of aromatic nitrogens is 1. The van der Waals surface area contributed by atoms with E-state index in [0.717, 1.165) is 19.5 Å². The number of likely N-dealkylation sites (N-methyl/N-ethyl adjacent to an activating group) is 1. The van der Waals surface area contributed by atoms with Crippen LogP contribution in [0.4, 0.5) is 0 Å². The van der Waals surface area contributed by atoms with E-state index in [1.165, 1.54) is 5.56 Å². The topological polar surface area (TPSA) is 42.1 Å². The Bertz CT molecular complexity index is 317. The number of nitrogens with two attached hydrogens (primary N) is 1. The maximum atomic E-state index is 6.37. The molecule has 0 aliphatic heterocycles. The summed E-state index contributed by atoms with van der Waals surface area (Å²) in [6, 6.07) is 4.17. The van der Waals surface area contributed by atoms with Crippen LogP contribution in [0.2, 0.25) is 0 Å². The highest BCUT2D eigenvalue weighted by atomic mass is 15.2. The normalized spacial score (nSPS) is 14.0. The van der Waals surface area contributed by atoms with Crippen molar-refractivity contribution in [2.45, 2.75) is 45.7 Å². The molecule has 1 atom stereocenters. The van der Waals surface area contributed by atoms with Crippen molar-refractivity contribution in [3.63, 3.8) is 0 Å². The van der Waals surface area contributed by atoms with Crippen LogP contribution in [0.25, 0.3) is 0 Å².